The first-order valence-electron chi connectivity index (χ1n) is 7.20. The minimum absolute atomic E-state index is 0.0265. The summed E-state index contributed by atoms with van der Waals surface area (Å²) in [6.45, 7) is -0.411. The summed E-state index contributed by atoms with van der Waals surface area (Å²) in [5.41, 5.74) is -3.16. The Bertz CT molecular complexity index is 842. The van der Waals surface area contributed by atoms with Crippen molar-refractivity contribution < 1.29 is 27.6 Å². The number of hydrogen-bond acceptors (Lipinski definition) is 5. The Labute approximate surface area is 148 Å². The van der Waals surface area contributed by atoms with Gasteiger partial charge in [0.05, 0.1) is 11.4 Å². The second-order valence-corrected chi connectivity index (χ2v) is 6.31. The molecule has 26 heavy (non-hydrogen) atoms. The number of urea groups is 1. The number of alkyl halides is 3. The van der Waals surface area contributed by atoms with E-state index in [0.717, 1.165) is 11.3 Å². The van der Waals surface area contributed by atoms with E-state index in [4.69, 9.17) is 0 Å². The van der Waals surface area contributed by atoms with Gasteiger partial charge in [0.25, 0.3) is 17.5 Å². The highest BCUT2D eigenvalue weighted by Crippen LogP contribution is 2.34. The first-order chi connectivity index (χ1) is 12.2. The zero-order chi connectivity index (χ0) is 18.9. The van der Waals surface area contributed by atoms with E-state index < -0.39 is 36.2 Å². The van der Waals surface area contributed by atoms with Gasteiger partial charge in [-0.05, 0) is 23.1 Å². The van der Waals surface area contributed by atoms with Gasteiger partial charge in [-0.25, -0.2) is 4.79 Å². The SMILES string of the molecule is O=C(N[C@@]1(C(F)(F)F)NC(=O)N(Cc2cccnc2)C1=O)c1cccs1. The summed E-state index contributed by atoms with van der Waals surface area (Å²) >= 11 is 0.904. The number of rotatable bonds is 4. The third-order valence-corrected chi connectivity index (χ3v) is 4.51. The highest BCUT2D eigenvalue weighted by atomic mass is 32.1. The highest BCUT2D eigenvalue weighted by molar-refractivity contribution is 7.12. The number of imide groups is 1. The molecular weight excluding hydrogens is 373 g/mol. The summed E-state index contributed by atoms with van der Waals surface area (Å²) in [5, 5.41) is 4.72. The normalized spacial score (nSPS) is 20.2. The zero-order valence-electron chi connectivity index (χ0n) is 12.9. The Hall–Kier alpha value is -2.95. The van der Waals surface area contributed by atoms with E-state index in [0.29, 0.717) is 10.5 Å². The van der Waals surface area contributed by atoms with Gasteiger partial charge in [0.15, 0.2) is 0 Å². The van der Waals surface area contributed by atoms with Gasteiger partial charge in [-0.2, -0.15) is 13.2 Å². The highest BCUT2D eigenvalue weighted by Gasteiger charge is 2.68. The smallest absolute Gasteiger partial charge is 0.313 e. The summed E-state index contributed by atoms with van der Waals surface area (Å²) < 4.78 is 41.0. The molecule has 1 aliphatic heterocycles. The molecule has 0 unspecified atom stereocenters. The number of carbonyl (C=O) groups excluding carboxylic acids is 3. The van der Waals surface area contributed by atoms with Gasteiger partial charge in [0.2, 0.25) is 0 Å². The first kappa shape index (κ1) is 17.9. The lowest BCUT2D eigenvalue weighted by Crippen LogP contribution is -2.69. The molecular formula is C15H11F3N4O3S. The molecule has 3 rings (SSSR count). The summed E-state index contributed by atoms with van der Waals surface area (Å²) in [6, 6.07) is 4.54. The summed E-state index contributed by atoms with van der Waals surface area (Å²) in [5.74, 6) is -2.72. The van der Waals surface area contributed by atoms with Crippen molar-refractivity contribution in [1.82, 2.24) is 20.5 Å². The molecule has 1 aliphatic rings. The molecule has 136 valence electrons. The van der Waals surface area contributed by atoms with Crippen molar-refractivity contribution in [1.29, 1.82) is 0 Å². The molecule has 2 aromatic heterocycles. The van der Waals surface area contributed by atoms with E-state index in [2.05, 4.69) is 4.98 Å². The second-order valence-electron chi connectivity index (χ2n) is 5.36. The second kappa shape index (κ2) is 6.41. The fourth-order valence-electron chi connectivity index (χ4n) is 2.38. The number of thiophene rings is 1. The predicted molar refractivity (Wildman–Crippen MR) is 83.9 cm³/mol. The van der Waals surface area contributed by atoms with Gasteiger partial charge in [0.1, 0.15) is 0 Å². The lowest BCUT2D eigenvalue weighted by molar-refractivity contribution is -0.200. The van der Waals surface area contributed by atoms with Crippen molar-refractivity contribution >= 4 is 29.2 Å². The number of hydrogen-bond donors (Lipinski definition) is 2. The van der Waals surface area contributed by atoms with Gasteiger partial charge in [-0.1, -0.05) is 12.1 Å². The molecule has 2 aromatic rings. The van der Waals surface area contributed by atoms with Crippen LogP contribution < -0.4 is 10.6 Å². The average Bonchev–Trinajstić information content (AvgIpc) is 3.19. The van der Waals surface area contributed by atoms with Crippen LogP contribution in [-0.4, -0.2) is 39.6 Å². The lowest BCUT2D eigenvalue weighted by atomic mass is 10.1. The lowest BCUT2D eigenvalue weighted by Gasteiger charge is -2.29. The standard InChI is InChI=1S/C15H11F3N4O3S/c16-15(17,18)14(20-11(23)10-4-2-6-26-10)12(24)22(13(25)21-14)8-9-3-1-5-19-7-9/h1-7H,8H2,(H,20,23)(H,21,25)/t14-/m1/s1. The largest absolute Gasteiger partial charge is 0.440 e. The van der Waals surface area contributed by atoms with Gasteiger partial charge in [0, 0.05) is 12.4 Å². The van der Waals surface area contributed by atoms with Crippen molar-refractivity contribution in [2.45, 2.75) is 18.4 Å². The number of carbonyl (C=O) groups is 3. The molecule has 0 radical (unpaired) electrons. The zero-order valence-corrected chi connectivity index (χ0v) is 13.7. The van der Waals surface area contributed by atoms with E-state index in [1.807, 2.05) is 0 Å². The molecule has 0 aromatic carbocycles. The van der Waals surface area contributed by atoms with E-state index in [1.165, 1.54) is 42.0 Å². The van der Waals surface area contributed by atoms with Crippen molar-refractivity contribution in [3.8, 4) is 0 Å². The molecule has 0 saturated carbocycles. The third-order valence-electron chi connectivity index (χ3n) is 3.64. The number of nitrogens with one attached hydrogen (secondary N) is 2. The molecule has 0 aliphatic carbocycles. The number of aromatic nitrogens is 1. The number of pyridine rings is 1. The van der Waals surface area contributed by atoms with Gasteiger partial charge >= 0.3 is 12.2 Å². The molecule has 7 nitrogen and oxygen atoms in total. The number of halogens is 3. The Morgan fingerprint density at radius 3 is 2.65 bits per heavy atom. The number of nitrogens with zero attached hydrogens (tertiary/aromatic N) is 2. The van der Waals surface area contributed by atoms with Gasteiger partial charge < -0.3 is 5.32 Å². The molecule has 0 spiro atoms. The van der Waals surface area contributed by atoms with Crippen LogP contribution in [0, 0.1) is 0 Å². The first-order valence-corrected chi connectivity index (χ1v) is 8.08. The van der Waals surface area contributed by atoms with Crippen LogP contribution in [0.2, 0.25) is 0 Å². The maximum atomic E-state index is 13.7. The Morgan fingerprint density at radius 2 is 2.08 bits per heavy atom. The maximum absolute atomic E-state index is 13.7. The van der Waals surface area contributed by atoms with Gasteiger partial charge in [-0.15, -0.1) is 11.3 Å². The average molecular weight is 384 g/mol. The van der Waals surface area contributed by atoms with Crippen molar-refractivity contribution in [2.75, 3.05) is 0 Å². The summed E-state index contributed by atoms with van der Waals surface area (Å²) in [4.78, 5) is 40.8. The van der Waals surface area contributed by atoms with Gasteiger partial charge in [-0.3, -0.25) is 24.8 Å². The molecule has 4 amide bonds. The predicted octanol–water partition coefficient (Wildman–Crippen LogP) is 1.88. The van der Waals surface area contributed by atoms with Crippen LogP contribution in [0.5, 0.6) is 0 Å². The Balaban J connectivity index is 1.91. The van der Waals surface area contributed by atoms with Crippen molar-refractivity contribution in [3.05, 3.63) is 52.5 Å². The van der Waals surface area contributed by atoms with E-state index in [1.54, 1.807) is 10.6 Å². The minimum atomic E-state index is -5.24. The van der Waals surface area contributed by atoms with Crippen molar-refractivity contribution in [2.24, 2.45) is 0 Å². The van der Waals surface area contributed by atoms with Crippen LogP contribution in [0.1, 0.15) is 15.2 Å². The summed E-state index contributed by atoms with van der Waals surface area (Å²) in [7, 11) is 0. The van der Waals surface area contributed by atoms with E-state index in [-0.39, 0.29) is 4.88 Å². The van der Waals surface area contributed by atoms with Crippen LogP contribution in [0.3, 0.4) is 0 Å². The van der Waals surface area contributed by atoms with Crippen LogP contribution in [0.4, 0.5) is 18.0 Å². The molecule has 0 bridgehead atoms. The van der Waals surface area contributed by atoms with E-state index >= 15 is 0 Å². The third kappa shape index (κ3) is 3.01. The van der Waals surface area contributed by atoms with E-state index in [9.17, 15) is 27.6 Å². The van der Waals surface area contributed by atoms with Crippen molar-refractivity contribution in [3.63, 3.8) is 0 Å². The monoisotopic (exact) mass is 384 g/mol. The molecule has 1 saturated heterocycles. The fraction of sp³-hybridized carbons (Fsp3) is 0.200. The summed E-state index contributed by atoms with van der Waals surface area (Å²) in [6.07, 6.45) is -2.48. The minimum Gasteiger partial charge on any atom is -0.313 e. The van der Waals surface area contributed by atoms with Crippen LogP contribution >= 0.6 is 11.3 Å². The number of amides is 4. The van der Waals surface area contributed by atoms with Crippen LogP contribution in [-0.2, 0) is 11.3 Å². The van der Waals surface area contributed by atoms with Crippen LogP contribution in [0.15, 0.2) is 42.0 Å². The van der Waals surface area contributed by atoms with Crippen LogP contribution in [0.25, 0.3) is 0 Å². The molecule has 2 N–H and O–H groups in total. The molecule has 1 fully saturated rings. The maximum Gasteiger partial charge on any atom is 0.440 e. The molecule has 11 heteroatoms. The fourth-order valence-corrected chi connectivity index (χ4v) is 3.00. The molecule has 1 atom stereocenters. The Kier molecular flexibility index (Phi) is 4.40. The Morgan fingerprint density at radius 1 is 1.31 bits per heavy atom. The molecule has 3 heterocycles. The topological polar surface area (TPSA) is 91.4 Å². The quantitative estimate of drug-likeness (QED) is 0.788.